The number of carbonyl (C=O) groups excluding carboxylic acids is 1. The molecule has 3 N–H and O–H groups in total. The van der Waals surface area contributed by atoms with Crippen LogP contribution in [0.2, 0.25) is 0 Å². The Bertz CT molecular complexity index is 564. The van der Waals surface area contributed by atoms with Gasteiger partial charge in [-0.15, -0.1) is 24.0 Å². The van der Waals surface area contributed by atoms with Crippen molar-refractivity contribution in [3.8, 4) is 5.75 Å². The topological polar surface area (TPSA) is 74.8 Å². The van der Waals surface area contributed by atoms with E-state index in [2.05, 4.69) is 46.9 Å². The molecule has 1 rings (SSSR count). The highest BCUT2D eigenvalue weighted by Gasteiger charge is 2.08. The van der Waals surface area contributed by atoms with E-state index < -0.39 is 0 Å². The van der Waals surface area contributed by atoms with E-state index in [1.54, 1.807) is 14.2 Å². The van der Waals surface area contributed by atoms with Gasteiger partial charge >= 0.3 is 0 Å². The lowest BCUT2D eigenvalue weighted by atomic mass is 9.98. The summed E-state index contributed by atoms with van der Waals surface area (Å²) in [6, 6.07) is 8.41. The average Bonchev–Trinajstić information content (AvgIpc) is 2.66. The fraction of sp³-hybridized carbons (Fsp3) is 0.600. The van der Waals surface area contributed by atoms with Crippen LogP contribution >= 0.6 is 24.0 Å². The smallest absolute Gasteiger partial charge is 0.221 e. The van der Waals surface area contributed by atoms with E-state index in [0.29, 0.717) is 18.9 Å². The minimum atomic E-state index is 0. The molecule has 0 aliphatic rings. The summed E-state index contributed by atoms with van der Waals surface area (Å²) in [6.07, 6.45) is 2.36. The number of amides is 1. The van der Waals surface area contributed by atoms with E-state index in [4.69, 9.17) is 4.74 Å². The van der Waals surface area contributed by atoms with Gasteiger partial charge in [-0.1, -0.05) is 26.0 Å². The first kappa shape index (κ1) is 25.5. The Morgan fingerprint density at radius 2 is 1.78 bits per heavy atom. The zero-order valence-electron chi connectivity index (χ0n) is 17.2. The van der Waals surface area contributed by atoms with Gasteiger partial charge in [0.25, 0.3) is 0 Å². The van der Waals surface area contributed by atoms with Crippen LogP contribution < -0.4 is 20.7 Å². The molecule has 0 saturated heterocycles. The molecule has 2 unspecified atom stereocenters. The van der Waals surface area contributed by atoms with E-state index in [0.717, 1.165) is 31.1 Å². The standard InChI is InChI=1S/C20H34N4O2.HI/c1-6-16(3)24-19(25)12-14-23-20(21-4)22-13-11-15(2)17-7-9-18(26-5)10-8-17;/h7-10,15-16H,6,11-14H2,1-5H3,(H,24,25)(H2,21,22,23);1H. The van der Waals surface area contributed by atoms with Gasteiger partial charge in [0.1, 0.15) is 5.75 Å². The van der Waals surface area contributed by atoms with Crippen LogP contribution in [-0.2, 0) is 4.79 Å². The highest BCUT2D eigenvalue weighted by atomic mass is 127. The van der Waals surface area contributed by atoms with E-state index in [9.17, 15) is 4.79 Å². The van der Waals surface area contributed by atoms with Gasteiger partial charge in [0, 0.05) is 32.6 Å². The second-order valence-electron chi connectivity index (χ2n) is 6.52. The van der Waals surface area contributed by atoms with Crippen molar-refractivity contribution in [3.63, 3.8) is 0 Å². The fourth-order valence-electron chi connectivity index (χ4n) is 2.47. The van der Waals surface area contributed by atoms with Crippen LogP contribution in [-0.4, -0.2) is 45.2 Å². The Labute approximate surface area is 181 Å². The van der Waals surface area contributed by atoms with Crippen LogP contribution in [0.3, 0.4) is 0 Å². The summed E-state index contributed by atoms with van der Waals surface area (Å²) in [6.45, 7) is 7.65. The number of hydrogen-bond donors (Lipinski definition) is 3. The Hall–Kier alpha value is -1.51. The molecule has 0 fully saturated rings. The first-order valence-electron chi connectivity index (χ1n) is 9.37. The quantitative estimate of drug-likeness (QED) is 0.268. The van der Waals surface area contributed by atoms with Crippen molar-refractivity contribution >= 4 is 35.8 Å². The van der Waals surface area contributed by atoms with Crippen molar-refractivity contribution in [3.05, 3.63) is 29.8 Å². The van der Waals surface area contributed by atoms with Crippen LogP contribution in [0, 0.1) is 0 Å². The monoisotopic (exact) mass is 490 g/mol. The molecular weight excluding hydrogens is 455 g/mol. The van der Waals surface area contributed by atoms with Gasteiger partial charge in [-0.2, -0.15) is 0 Å². The van der Waals surface area contributed by atoms with E-state index in [-0.39, 0.29) is 35.9 Å². The minimum absolute atomic E-state index is 0. The molecule has 0 aliphatic heterocycles. The summed E-state index contributed by atoms with van der Waals surface area (Å²) in [5, 5.41) is 9.44. The zero-order valence-corrected chi connectivity index (χ0v) is 19.5. The summed E-state index contributed by atoms with van der Waals surface area (Å²) >= 11 is 0. The largest absolute Gasteiger partial charge is 0.497 e. The summed E-state index contributed by atoms with van der Waals surface area (Å²) in [5.74, 6) is 2.10. The van der Waals surface area contributed by atoms with Crippen LogP contribution in [0.1, 0.15) is 51.5 Å². The third kappa shape index (κ3) is 10.4. The molecule has 0 aromatic heterocycles. The van der Waals surface area contributed by atoms with Gasteiger partial charge in [-0.05, 0) is 43.4 Å². The lowest BCUT2D eigenvalue weighted by Crippen LogP contribution is -2.40. The number of halogens is 1. The van der Waals surface area contributed by atoms with Crippen molar-refractivity contribution in [2.75, 3.05) is 27.2 Å². The molecule has 0 heterocycles. The Morgan fingerprint density at radius 3 is 2.33 bits per heavy atom. The normalized spacial score (nSPS) is 13.1. The lowest BCUT2D eigenvalue weighted by molar-refractivity contribution is -0.121. The van der Waals surface area contributed by atoms with Crippen molar-refractivity contribution in [1.82, 2.24) is 16.0 Å². The molecule has 1 amide bonds. The fourth-order valence-corrected chi connectivity index (χ4v) is 2.47. The van der Waals surface area contributed by atoms with Crippen LogP contribution in [0.4, 0.5) is 0 Å². The predicted molar refractivity (Wildman–Crippen MR) is 123 cm³/mol. The summed E-state index contributed by atoms with van der Waals surface area (Å²) in [5.41, 5.74) is 1.29. The van der Waals surface area contributed by atoms with Crippen molar-refractivity contribution in [2.24, 2.45) is 4.99 Å². The number of aliphatic imine (C=N–C) groups is 1. The lowest BCUT2D eigenvalue weighted by Gasteiger charge is -2.16. The van der Waals surface area contributed by atoms with Crippen molar-refractivity contribution < 1.29 is 9.53 Å². The highest BCUT2D eigenvalue weighted by molar-refractivity contribution is 14.0. The average molecular weight is 490 g/mol. The molecule has 2 atom stereocenters. The zero-order chi connectivity index (χ0) is 19.4. The number of hydrogen-bond acceptors (Lipinski definition) is 3. The molecule has 6 nitrogen and oxygen atoms in total. The van der Waals surface area contributed by atoms with Crippen LogP contribution in [0.25, 0.3) is 0 Å². The highest BCUT2D eigenvalue weighted by Crippen LogP contribution is 2.21. The number of methoxy groups -OCH3 is 1. The summed E-state index contributed by atoms with van der Waals surface area (Å²) in [4.78, 5) is 16.0. The predicted octanol–water partition coefficient (Wildman–Crippen LogP) is 3.28. The second-order valence-corrected chi connectivity index (χ2v) is 6.52. The maximum absolute atomic E-state index is 11.8. The maximum Gasteiger partial charge on any atom is 0.221 e. The molecule has 0 radical (unpaired) electrons. The molecule has 0 bridgehead atoms. The van der Waals surface area contributed by atoms with Gasteiger partial charge in [-0.25, -0.2) is 0 Å². The van der Waals surface area contributed by atoms with Crippen molar-refractivity contribution in [2.45, 2.75) is 52.0 Å². The number of nitrogens with zero attached hydrogens (tertiary/aromatic N) is 1. The van der Waals surface area contributed by atoms with Gasteiger partial charge in [-0.3, -0.25) is 9.79 Å². The Kier molecular flexibility index (Phi) is 13.7. The van der Waals surface area contributed by atoms with E-state index in [1.165, 1.54) is 5.56 Å². The third-order valence-corrected chi connectivity index (χ3v) is 4.44. The number of rotatable bonds is 10. The van der Waals surface area contributed by atoms with Gasteiger partial charge in [0.2, 0.25) is 5.91 Å². The van der Waals surface area contributed by atoms with Gasteiger partial charge < -0.3 is 20.7 Å². The van der Waals surface area contributed by atoms with E-state index >= 15 is 0 Å². The molecular formula is C20H35IN4O2. The minimum Gasteiger partial charge on any atom is -0.497 e. The third-order valence-electron chi connectivity index (χ3n) is 4.44. The molecule has 27 heavy (non-hydrogen) atoms. The molecule has 0 aliphatic carbocycles. The molecule has 0 saturated carbocycles. The van der Waals surface area contributed by atoms with Gasteiger partial charge in [0.15, 0.2) is 5.96 Å². The molecule has 1 aromatic rings. The maximum atomic E-state index is 11.8. The number of carbonyl (C=O) groups is 1. The van der Waals surface area contributed by atoms with Crippen LogP contribution in [0.5, 0.6) is 5.75 Å². The second kappa shape index (κ2) is 14.5. The summed E-state index contributed by atoms with van der Waals surface area (Å²) < 4.78 is 5.19. The molecule has 7 heteroatoms. The SMILES string of the molecule is CCC(C)NC(=O)CCNC(=NC)NCCC(C)c1ccc(OC)cc1.I. The molecule has 1 aromatic carbocycles. The van der Waals surface area contributed by atoms with Gasteiger partial charge in [0.05, 0.1) is 7.11 Å². The molecule has 0 spiro atoms. The van der Waals surface area contributed by atoms with Crippen molar-refractivity contribution in [1.29, 1.82) is 0 Å². The number of nitrogens with one attached hydrogen (secondary N) is 3. The molecule has 154 valence electrons. The van der Waals surface area contributed by atoms with Crippen LogP contribution in [0.15, 0.2) is 29.3 Å². The number of ether oxygens (including phenoxy) is 1. The first-order chi connectivity index (χ1) is 12.5. The van der Waals surface area contributed by atoms with E-state index in [1.807, 2.05) is 19.1 Å². The summed E-state index contributed by atoms with van der Waals surface area (Å²) in [7, 11) is 3.41. The first-order valence-corrected chi connectivity index (χ1v) is 9.37. The number of benzene rings is 1. The Morgan fingerprint density at radius 1 is 1.15 bits per heavy atom. The number of guanidine groups is 1. The Balaban J connectivity index is 0.00000676.